The van der Waals surface area contributed by atoms with Gasteiger partial charge in [0.1, 0.15) is 0 Å². The summed E-state index contributed by atoms with van der Waals surface area (Å²) in [7, 11) is 0. The first-order chi connectivity index (χ1) is 6.93. The van der Waals surface area contributed by atoms with Crippen molar-refractivity contribution in [3.05, 3.63) is 12.7 Å². The van der Waals surface area contributed by atoms with E-state index in [-0.39, 0.29) is 11.3 Å². The molecule has 2 heteroatoms. The number of unbranched alkanes of at least 4 members (excludes halogenated alkanes) is 1. The van der Waals surface area contributed by atoms with E-state index in [9.17, 15) is 4.79 Å². The van der Waals surface area contributed by atoms with Crippen LogP contribution in [0, 0.1) is 5.41 Å². The molecule has 88 valence electrons. The van der Waals surface area contributed by atoms with E-state index in [1.54, 1.807) is 0 Å². The number of nitrogens with zero attached hydrogens (tertiary/aromatic N) is 1. The monoisotopic (exact) mass is 211 g/mol. The van der Waals surface area contributed by atoms with Gasteiger partial charge < -0.3 is 4.90 Å². The smallest absolute Gasteiger partial charge is 0.227 e. The second-order valence-electron chi connectivity index (χ2n) is 4.97. The van der Waals surface area contributed by atoms with Crippen LogP contribution < -0.4 is 0 Å². The van der Waals surface area contributed by atoms with Gasteiger partial charge in [0.2, 0.25) is 5.91 Å². The molecule has 0 atom stereocenters. The van der Waals surface area contributed by atoms with Crippen molar-refractivity contribution in [2.45, 2.75) is 47.0 Å². The molecule has 0 aliphatic heterocycles. The Morgan fingerprint density at radius 2 is 1.93 bits per heavy atom. The van der Waals surface area contributed by atoms with Gasteiger partial charge in [0, 0.05) is 18.5 Å². The van der Waals surface area contributed by atoms with Crippen LogP contribution in [0.25, 0.3) is 0 Å². The van der Waals surface area contributed by atoms with Gasteiger partial charge in [-0.15, -0.1) is 6.58 Å². The summed E-state index contributed by atoms with van der Waals surface area (Å²) in [4.78, 5) is 14.0. The number of hydrogen-bond donors (Lipinski definition) is 0. The van der Waals surface area contributed by atoms with Crippen molar-refractivity contribution in [2.75, 3.05) is 13.1 Å². The molecule has 0 aromatic carbocycles. The zero-order valence-corrected chi connectivity index (χ0v) is 10.7. The lowest BCUT2D eigenvalue weighted by atomic mass is 9.94. The summed E-state index contributed by atoms with van der Waals surface area (Å²) < 4.78 is 0. The molecule has 0 bridgehead atoms. The highest BCUT2D eigenvalue weighted by molar-refractivity contribution is 5.81. The highest BCUT2D eigenvalue weighted by Gasteiger charge is 2.26. The van der Waals surface area contributed by atoms with Crippen LogP contribution in [0.5, 0.6) is 0 Å². The molecule has 0 saturated heterocycles. The Labute approximate surface area is 94.4 Å². The standard InChI is InChI=1S/C13H25NO/c1-6-8-10-14(11-9-7-2)12(15)13(3,4)5/h6H,1,7-11H2,2-5H3. The third-order valence-electron chi connectivity index (χ3n) is 2.31. The van der Waals surface area contributed by atoms with Crippen LogP contribution in [-0.4, -0.2) is 23.9 Å². The fourth-order valence-corrected chi connectivity index (χ4v) is 1.39. The quantitative estimate of drug-likeness (QED) is 0.618. The van der Waals surface area contributed by atoms with Crippen LogP contribution in [0.3, 0.4) is 0 Å². The normalized spacial score (nSPS) is 11.2. The molecule has 0 saturated carbocycles. The minimum atomic E-state index is -0.269. The second kappa shape index (κ2) is 6.65. The van der Waals surface area contributed by atoms with Crippen molar-refractivity contribution >= 4 is 5.91 Å². The summed E-state index contributed by atoms with van der Waals surface area (Å²) in [6, 6.07) is 0. The van der Waals surface area contributed by atoms with Gasteiger partial charge in [0.15, 0.2) is 0 Å². The fourth-order valence-electron chi connectivity index (χ4n) is 1.39. The summed E-state index contributed by atoms with van der Waals surface area (Å²) in [5, 5.41) is 0. The predicted octanol–water partition coefficient (Wildman–Crippen LogP) is 3.24. The Bertz CT molecular complexity index is 203. The van der Waals surface area contributed by atoms with E-state index in [0.717, 1.165) is 32.4 Å². The fraction of sp³-hybridized carbons (Fsp3) is 0.769. The van der Waals surface area contributed by atoms with Gasteiger partial charge >= 0.3 is 0 Å². The van der Waals surface area contributed by atoms with E-state index in [1.807, 2.05) is 31.7 Å². The number of hydrogen-bond acceptors (Lipinski definition) is 1. The van der Waals surface area contributed by atoms with Gasteiger partial charge in [-0.3, -0.25) is 4.79 Å². The van der Waals surface area contributed by atoms with Crippen LogP contribution >= 0.6 is 0 Å². The average molecular weight is 211 g/mol. The first-order valence-electron chi connectivity index (χ1n) is 5.83. The largest absolute Gasteiger partial charge is 0.342 e. The lowest BCUT2D eigenvalue weighted by Crippen LogP contribution is -2.40. The average Bonchev–Trinajstić information content (AvgIpc) is 2.16. The number of rotatable bonds is 6. The molecule has 0 aliphatic carbocycles. The molecular formula is C13H25NO. The molecule has 15 heavy (non-hydrogen) atoms. The van der Waals surface area contributed by atoms with Crippen molar-refractivity contribution in [3.63, 3.8) is 0 Å². The molecule has 0 unspecified atom stereocenters. The Hall–Kier alpha value is -0.790. The molecule has 0 N–H and O–H groups in total. The molecular weight excluding hydrogens is 186 g/mol. The summed E-state index contributed by atoms with van der Waals surface area (Å²) in [5.41, 5.74) is -0.269. The van der Waals surface area contributed by atoms with Gasteiger partial charge in [-0.1, -0.05) is 40.2 Å². The molecule has 0 spiro atoms. The van der Waals surface area contributed by atoms with Crippen molar-refractivity contribution in [1.82, 2.24) is 4.90 Å². The molecule has 0 rings (SSSR count). The van der Waals surface area contributed by atoms with Crippen LogP contribution in [-0.2, 0) is 4.79 Å². The van der Waals surface area contributed by atoms with Crippen LogP contribution in [0.4, 0.5) is 0 Å². The van der Waals surface area contributed by atoms with Crippen molar-refractivity contribution in [2.24, 2.45) is 5.41 Å². The van der Waals surface area contributed by atoms with Crippen molar-refractivity contribution in [3.8, 4) is 0 Å². The number of carbonyl (C=O) groups is 1. The maximum absolute atomic E-state index is 12.1. The maximum atomic E-state index is 12.1. The number of carbonyl (C=O) groups excluding carboxylic acids is 1. The lowest BCUT2D eigenvalue weighted by molar-refractivity contribution is -0.139. The van der Waals surface area contributed by atoms with E-state index < -0.39 is 0 Å². The Kier molecular flexibility index (Phi) is 6.30. The Morgan fingerprint density at radius 1 is 1.33 bits per heavy atom. The predicted molar refractivity (Wildman–Crippen MR) is 65.8 cm³/mol. The molecule has 0 aromatic heterocycles. The topological polar surface area (TPSA) is 20.3 Å². The molecule has 2 nitrogen and oxygen atoms in total. The Morgan fingerprint density at radius 3 is 2.33 bits per heavy atom. The molecule has 0 fully saturated rings. The summed E-state index contributed by atoms with van der Waals surface area (Å²) in [6.45, 7) is 13.4. The van der Waals surface area contributed by atoms with Crippen molar-refractivity contribution in [1.29, 1.82) is 0 Å². The van der Waals surface area contributed by atoms with E-state index in [2.05, 4.69) is 13.5 Å². The van der Waals surface area contributed by atoms with Gasteiger partial charge in [-0.05, 0) is 12.8 Å². The van der Waals surface area contributed by atoms with Gasteiger partial charge in [-0.2, -0.15) is 0 Å². The molecule has 0 heterocycles. The van der Waals surface area contributed by atoms with Crippen LogP contribution in [0.1, 0.15) is 47.0 Å². The van der Waals surface area contributed by atoms with Gasteiger partial charge in [0.05, 0.1) is 0 Å². The maximum Gasteiger partial charge on any atom is 0.227 e. The minimum absolute atomic E-state index is 0.248. The second-order valence-corrected chi connectivity index (χ2v) is 4.97. The molecule has 1 amide bonds. The zero-order chi connectivity index (χ0) is 11.9. The van der Waals surface area contributed by atoms with E-state index in [4.69, 9.17) is 0 Å². The van der Waals surface area contributed by atoms with E-state index in [1.165, 1.54) is 0 Å². The van der Waals surface area contributed by atoms with Crippen LogP contribution in [0.15, 0.2) is 12.7 Å². The third kappa shape index (κ3) is 5.60. The van der Waals surface area contributed by atoms with Gasteiger partial charge in [-0.25, -0.2) is 0 Å². The van der Waals surface area contributed by atoms with E-state index in [0.29, 0.717) is 0 Å². The van der Waals surface area contributed by atoms with E-state index >= 15 is 0 Å². The summed E-state index contributed by atoms with van der Waals surface area (Å²) in [5.74, 6) is 0.248. The third-order valence-corrected chi connectivity index (χ3v) is 2.31. The van der Waals surface area contributed by atoms with Crippen LogP contribution in [0.2, 0.25) is 0 Å². The summed E-state index contributed by atoms with van der Waals surface area (Å²) >= 11 is 0. The highest BCUT2D eigenvalue weighted by atomic mass is 16.2. The summed E-state index contributed by atoms with van der Waals surface area (Å²) in [6.07, 6.45) is 4.96. The first kappa shape index (κ1) is 14.2. The van der Waals surface area contributed by atoms with Gasteiger partial charge in [0.25, 0.3) is 0 Å². The molecule has 0 aliphatic rings. The molecule has 0 aromatic rings. The zero-order valence-electron chi connectivity index (χ0n) is 10.7. The van der Waals surface area contributed by atoms with Crippen molar-refractivity contribution < 1.29 is 4.79 Å². The Balaban J connectivity index is 4.33. The first-order valence-corrected chi connectivity index (χ1v) is 5.83. The minimum Gasteiger partial charge on any atom is -0.342 e. The lowest BCUT2D eigenvalue weighted by Gasteiger charge is -2.29. The highest BCUT2D eigenvalue weighted by Crippen LogP contribution is 2.18. The SMILES string of the molecule is C=CCCN(CCCC)C(=O)C(C)(C)C. The number of amides is 1. The molecule has 0 radical (unpaired) electrons.